The van der Waals surface area contributed by atoms with Crippen LogP contribution in [0.5, 0.6) is 0 Å². The zero-order chi connectivity index (χ0) is 14.7. The van der Waals surface area contributed by atoms with Gasteiger partial charge in [0.1, 0.15) is 16.6 Å². The van der Waals surface area contributed by atoms with E-state index in [-0.39, 0.29) is 10.6 Å². The summed E-state index contributed by atoms with van der Waals surface area (Å²) in [7, 11) is 1.26. The van der Waals surface area contributed by atoms with Gasteiger partial charge in [0, 0.05) is 7.05 Å². The number of amides is 1. The van der Waals surface area contributed by atoms with Crippen molar-refractivity contribution in [3.63, 3.8) is 0 Å². The van der Waals surface area contributed by atoms with E-state index in [9.17, 15) is 19.7 Å². The minimum atomic E-state index is -1.21. The Morgan fingerprint density at radius 1 is 1.47 bits per heavy atom. The second-order valence-electron chi connectivity index (χ2n) is 3.82. The van der Waals surface area contributed by atoms with Gasteiger partial charge in [0.2, 0.25) is 0 Å². The summed E-state index contributed by atoms with van der Waals surface area (Å²) in [6.45, 7) is 1.30. The number of carboxylic acids is 1. The maximum absolute atomic E-state index is 12.1. The number of carbonyl (C=O) groups excluding carboxylic acids is 1. The quantitative estimate of drug-likeness (QED) is 0.672. The van der Waals surface area contributed by atoms with Gasteiger partial charge in [0.05, 0.1) is 4.92 Å². The van der Waals surface area contributed by atoms with Gasteiger partial charge in [-0.3, -0.25) is 14.9 Å². The predicted molar refractivity (Wildman–Crippen MR) is 67.3 cm³/mol. The van der Waals surface area contributed by atoms with E-state index in [1.165, 1.54) is 32.2 Å². The highest BCUT2D eigenvalue weighted by Gasteiger charge is 2.29. The van der Waals surface area contributed by atoms with Crippen LogP contribution < -0.4 is 0 Å². The first-order chi connectivity index (χ1) is 8.77. The average Bonchev–Trinajstić information content (AvgIpc) is 2.35. The van der Waals surface area contributed by atoms with Crippen LogP contribution in [0.4, 0.5) is 5.69 Å². The highest BCUT2D eigenvalue weighted by Crippen LogP contribution is 2.29. The van der Waals surface area contributed by atoms with Crippen molar-refractivity contribution in [3.05, 3.63) is 38.9 Å². The van der Waals surface area contributed by atoms with Crippen molar-refractivity contribution in [3.8, 4) is 0 Å². The molecule has 0 spiro atoms. The van der Waals surface area contributed by atoms with Crippen LogP contribution in [0.2, 0.25) is 5.02 Å². The Kier molecular flexibility index (Phi) is 4.44. The fraction of sp³-hybridized carbons (Fsp3) is 0.273. The van der Waals surface area contributed by atoms with Crippen LogP contribution in [0.3, 0.4) is 0 Å². The lowest BCUT2D eigenvalue weighted by atomic mass is 10.1. The molecule has 1 aromatic rings. The molecule has 1 rings (SSSR count). The van der Waals surface area contributed by atoms with Gasteiger partial charge in [-0.1, -0.05) is 17.7 Å². The van der Waals surface area contributed by atoms with E-state index in [0.29, 0.717) is 0 Å². The summed E-state index contributed by atoms with van der Waals surface area (Å²) in [5, 5.41) is 19.6. The van der Waals surface area contributed by atoms with E-state index in [4.69, 9.17) is 16.7 Å². The zero-order valence-electron chi connectivity index (χ0n) is 10.2. The predicted octanol–water partition coefficient (Wildman–Crippen LogP) is 1.79. The fourth-order valence-corrected chi connectivity index (χ4v) is 1.65. The van der Waals surface area contributed by atoms with Crippen LogP contribution in [0.15, 0.2) is 18.2 Å². The summed E-state index contributed by atoms with van der Waals surface area (Å²) in [4.78, 5) is 33.9. The molecule has 1 unspecified atom stereocenters. The summed E-state index contributed by atoms with van der Waals surface area (Å²) in [6, 6.07) is 2.81. The fourth-order valence-electron chi connectivity index (χ4n) is 1.41. The number of nitrogens with zero attached hydrogens (tertiary/aromatic N) is 2. The normalized spacial score (nSPS) is 11.7. The lowest BCUT2D eigenvalue weighted by Gasteiger charge is -2.21. The monoisotopic (exact) mass is 286 g/mol. The minimum absolute atomic E-state index is 0.174. The molecule has 0 saturated carbocycles. The first-order valence-electron chi connectivity index (χ1n) is 5.20. The Hall–Kier alpha value is -2.15. The number of carbonyl (C=O) groups is 2. The molecular weight excluding hydrogens is 276 g/mol. The molecule has 1 aromatic carbocycles. The second kappa shape index (κ2) is 5.66. The highest BCUT2D eigenvalue weighted by atomic mass is 35.5. The number of hydrogen-bond acceptors (Lipinski definition) is 4. The molecule has 1 atom stereocenters. The standard InChI is InChI=1S/C11H11ClN2O5/c1-6(11(16)17)13(2)10(15)7-4-3-5-8(12)9(7)14(18)19/h3-6H,1-2H3,(H,16,17). The van der Waals surface area contributed by atoms with Gasteiger partial charge in [-0.15, -0.1) is 0 Å². The topological polar surface area (TPSA) is 101 Å². The van der Waals surface area contributed by atoms with Crippen LogP contribution in [0.25, 0.3) is 0 Å². The molecule has 8 heteroatoms. The van der Waals surface area contributed by atoms with Crippen molar-refractivity contribution >= 4 is 29.2 Å². The summed E-state index contributed by atoms with van der Waals surface area (Å²) in [5.41, 5.74) is -0.772. The molecule has 7 nitrogen and oxygen atoms in total. The van der Waals surface area contributed by atoms with E-state index >= 15 is 0 Å². The van der Waals surface area contributed by atoms with Gasteiger partial charge in [0.25, 0.3) is 5.91 Å². The van der Waals surface area contributed by atoms with Crippen LogP contribution in [-0.2, 0) is 4.79 Å². The third-order valence-electron chi connectivity index (χ3n) is 2.66. The zero-order valence-corrected chi connectivity index (χ0v) is 10.9. The van der Waals surface area contributed by atoms with Crippen molar-refractivity contribution in [2.75, 3.05) is 7.05 Å². The largest absolute Gasteiger partial charge is 0.480 e. The number of nitro benzene ring substituents is 1. The van der Waals surface area contributed by atoms with Crippen molar-refractivity contribution in [1.29, 1.82) is 0 Å². The highest BCUT2D eigenvalue weighted by molar-refractivity contribution is 6.33. The second-order valence-corrected chi connectivity index (χ2v) is 4.23. The van der Waals surface area contributed by atoms with E-state index in [0.717, 1.165) is 4.90 Å². The van der Waals surface area contributed by atoms with Gasteiger partial charge in [-0.05, 0) is 19.1 Å². The number of para-hydroxylation sites is 1. The number of halogens is 1. The molecule has 0 aromatic heterocycles. The van der Waals surface area contributed by atoms with E-state index in [1.807, 2.05) is 0 Å². The smallest absolute Gasteiger partial charge is 0.326 e. The lowest BCUT2D eigenvalue weighted by molar-refractivity contribution is -0.385. The number of likely N-dealkylation sites (N-methyl/N-ethyl adjacent to an activating group) is 1. The number of aliphatic carboxylic acids is 1. The maximum atomic E-state index is 12.1. The summed E-state index contributed by atoms with van der Waals surface area (Å²) in [5.74, 6) is -1.98. The first-order valence-corrected chi connectivity index (χ1v) is 5.58. The molecule has 0 aliphatic carbocycles. The van der Waals surface area contributed by atoms with Crippen LogP contribution in [0.1, 0.15) is 17.3 Å². The van der Waals surface area contributed by atoms with Crippen molar-refractivity contribution in [2.24, 2.45) is 0 Å². The summed E-state index contributed by atoms with van der Waals surface area (Å²) >= 11 is 5.69. The van der Waals surface area contributed by atoms with Crippen LogP contribution in [-0.4, -0.2) is 39.9 Å². The lowest BCUT2D eigenvalue weighted by Crippen LogP contribution is -2.40. The molecule has 0 bridgehead atoms. The van der Waals surface area contributed by atoms with E-state index in [2.05, 4.69) is 0 Å². The van der Waals surface area contributed by atoms with Crippen molar-refractivity contribution < 1.29 is 19.6 Å². The third-order valence-corrected chi connectivity index (χ3v) is 2.96. The summed E-state index contributed by atoms with van der Waals surface area (Å²) in [6.07, 6.45) is 0. The van der Waals surface area contributed by atoms with Crippen molar-refractivity contribution in [1.82, 2.24) is 4.90 Å². The molecule has 0 aliphatic rings. The number of hydrogen-bond donors (Lipinski definition) is 1. The van der Waals surface area contributed by atoms with E-state index < -0.39 is 28.5 Å². The summed E-state index contributed by atoms with van der Waals surface area (Å²) < 4.78 is 0. The van der Waals surface area contributed by atoms with Gasteiger partial charge in [-0.25, -0.2) is 4.79 Å². The molecule has 0 aliphatic heterocycles. The molecule has 0 heterocycles. The molecule has 0 fully saturated rings. The van der Waals surface area contributed by atoms with Crippen molar-refractivity contribution in [2.45, 2.75) is 13.0 Å². The van der Waals surface area contributed by atoms with Crippen LogP contribution in [0, 0.1) is 10.1 Å². The molecule has 102 valence electrons. The number of nitro groups is 1. The first kappa shape index (κ1) is 14.9. The van der Waals surface area contributed by atoms with Crippen LogP contribution >= 0.6 is 11.6 Å². The number of benzene rings is 1. The molecule has 1 amide bonds. The Bertz CT molecular complexity index is 546. The average molecular weight is 287 g/mol. The molecule has 0 radical (unpaired) electrons. The number of carboxylic acid groups (broad SMARTS) is 1. The minimum Gasteiger partial charge on any atom is -0.480 e. The maximum Gasteiger partial charge on any atom is 0.326 e. The number of rotatable bonds is 4. The molecule has 0 saturated heterocycles. The van der Waals surface area contributed by atoms with Gasteiger partial charge >= 0.3 is 11.7 Å². The molecule has 19 heavy (non-hydrogen) atoms. The van der Waals surface area contributed by atoms with Gasteiger partial charge < -0.3 is 10.0 Å². The Labute approximate surface area is 113 Å². The molecular formula is C11H11ClN2O5. The van der Waals surface area contributed by atoms with Gasteiger partial charge in [-0.2, -0.15) is 0 Å². The Morgan fingerprint density at radius 3 is 2.53 bits per heavy atom. The van der Waals surface area contributed by atoms with Gasteiger partial charge in [0.15, 0.2) is 0 Å². The SMILES string of the molecule is CC(C(=O)O)N(C)C(=O)c1cccc(Cl)c1[N+](=O)[O-]. The Morgan fingerprint density at radius 2 is 2.05 bits per heavy atom. The third kappa shape index (κ3) is 3.00. The van der Waals surface area contributed by atoms with E-state index in [1.54, 1.807) is 0 Å². The Balaban J connectivity index is 3.24. The molecule has 1 N–H and O–H groups in total.